The Labute approximate surface area is 213 Å². The zero-order valence-corrected chi connectivity index (χ0v) is 21.5. The molecule has 0 amide bonds. The van der Waals surface area contributed by atoms with Gasteiger partial charge in [0.2, 0.25) is 0 Å². The summed E-state index contributed by atoms with van der Waals surface area (Å²) in [7, 11) is 4.04. The first-order chi connectivity index (χ1) is 17.3. The Kier molecular flexibility index (Phi) is 3.86. The molecular formula is C24H13B5FIN2OP. The van der Waals surface area contributed by atoms with Crippen LogP contribution in [0.3, 0.4) is 0 Å². The third-order valence-electron chi connectivity index (χ3n) is 7.84. The number of halogens is 2. The Morgan fingerprint density at radius 3 is 2.51 bits per heavy atom. The monoisotopic (exact) mass is 577 g/mol. The van der Waals surface area contributed by atoms with Gasteiger partial charge in [-0.2, -0.15) is 0 Å². The first kappa shape index (κ1) is 19.7. The fourth-order valence-corrected chi connectivity index (χ4v) is 12.9. The molecule has 3 radical (unpaired) electrons. The average molecular weight is 576 g/mol. The molecule has 5 aliphatic heterocycles. The molecule has 1 aromatic heterocycles. The van der Waals surface area contributed by atoms with Gasteiger partial charge in [0, 0.05) is 0 Å². The summed E-state index contributed by atoms with van der Waals surface area (Å²) in [5.41, 5.74) is 6.97. The van der Waals surface area contributed by atoms with E-state index in [0.717, 1.165) is 38.5 Å². The number of para-hydroxylation sites is 3. The Morgan fingerprint density at radius 2 is 1.69 bits per heavy atom. The van der Waals surface area contributed by atoms with Crippen LogP contribution in [-0.2, 0) is 0 Å². The number of hydrogen-bond acceptors (Lipinski definition) is 2. The molecule has 4 aromatic carbocycles. The second-order valence-corrected chi connectivity index (χ2v) is 15.3. The van der Waals surface area contributed by atoms with E-state index in [9.17, 15) is 0 Å². The van der Waals surface area contributed by atoms with Gasteiger partial charge in [0.25, 0.3) is 0 Å². The summed E-state index contributed by atoms with van der Waals surface area (Å²) in [5, 5.41) is 2.26. The Hall–Kier alpha value is -2.44. The number of fused-ring (bicyclic) bond motifs is 8. The molecule has 5 aromatic rings. The second-order valence-electron chi connectivity index (χ2n) is 9.52. The van der Waals surface area contributed by atoms with Gasteiger partial charge in [-0.3, -0.25) is 0 Å². The van der Waals surface area contributed by atoms with Crippen LogP contribution in [0.25, 0.3) is 27.5 Å². The van der Waals surface area contributed by atoms with Crippen molar-refractivity contribution in [3.8, 4) is 17.2 Å². The summed E-state index contributed by atoms with van der Waals surface area (Å²) in [5.74, 6) is 1.54. The number of nitrogens with zero attached hydrogens (tertiary/aromatic N) is 2. The maximum atomic E-state index is 16.2. The molecule has 3 fully saturated rings. The number of ether oxygens (including phenoxy) is 1. The molecule has 10 rings (SSSR count). The summed E-state index contributed by atoms with van der Waals surface area (Å²) in [6.07, 6.45) is 0.874. The van der Waals surface area contributed by atoms with E-state index in [4.69, 9.17) is 7.70 Å². The Balaban J connectivity index is 1.44. The third-order valence-corrected chi connectivity index (χ3v) is 14.5. The van der Waals surface area contributed by atoms with E-state index < -0.39 is 28.1 Å². The molecule has 3 nitrogen and oxygen atoms in total. The topological polar surface area (TPSA) is 26.5 Å². The van der Waals surface area contributed by atoms with Crippen LogP contribution in [0.4, 0.5) is 2.86 Å². The van der Waals surface area contributed by atoms with Crippen molar-refractivity contribution in [1.82, 2.24) is 4.57 Å². The molecule has 2 bridgehead atoms. The molecule has 0 aliphatic carbocycles. The zero-order valence-electron chi connectivity index (χ0n) is 18.4. The molecule has 6 heterocycles. The van der Waals surface area contributed by atoms with E-state index in [0.29, 0.717) is 21.7 Å². The average Bonchev–Trinajstić information content (AvgIpc) is 3.19. The SMILES string of the molecule is FI(N=[P+]1B2[B]B1[B-]2)c1cc2c3ccccc3n3c2c2c1Oc1ccccc1B2c1ccccc1-3. The normalized spacial score (nSPS) is 16.2. The van der Waals surface area contributed by atoms with Crippen LogP contribution in [0.2, 0.25) is 0 Å². The minimum atomic E-state index is -3.27. The van der Waals surface area contributed by atoms with Gasteiger partial charge in [-0.05, 0) is 0 Å². The molecule has 35 heavy (non-hydrogen) atoms. The van der Waals surface area contributed by atoms with Crippen LogP contribution in [0.5, 0.6) is 11.5 Å². The van der Waals surface area contributed by atoms with Crippen molar-refractivity contribution in [2.24, 2.45) is 2.96 Å². The quantitative estimate of drug-likeness (QED) is 0.172. The summed E-state index contributed by atoms with van der Waals surface area (Å²) in [6, 6.07) is 27.4. The molecule has 5 aliphatic rings. The van der Waals surface area contributed by atoms with Crippen LogP contribution in [-0.4, -0.2) is 37.8 Å². The molecular weight excluding hydrogens is 563 g/mol. The van der Waals surface area contributed by atoms with Crippen molar-refractivity contribution < 1.29 is 7.60 Å². The predicted octanol–water partition coefficient (Wildman–Crippen LogP) is 4.27. The van der Waals surface area contributed by atoms with Crippen molar-refractivity contribution in [3.63, 3.8) is 0 Å². The van der Waals surface area contributed by atoms with Crippen molar-refractivity contribution in [2.75, 3.05) is 0 Å². The van der Waals surface area contributed by atoms with Gasteiger partial charge in [0.1, 0.15) is 0 Å². The Bertz CT molecular complexity index is 1800. The third kappa shape index (κ3) is 2.43. The van der Waals surface area contributed by atoms with Crippen LogP contribution in [0.1, 0.15) is 0 Å². The zero-order chi connectivity index (χ0) is 22.8. The number of hydrogen-bond donors (Lipinski definition) is 0. The predicted molar refractivity (Wildman–Crippen MR) is 158 cm³/mol. The molecule has 0 spiro atoms. The summed E-state index contributed by atoms with van der Waals surface area (Å²) < 4.78 is 30.7. The van der Waals surface area contributed by atoms with Crippen LogP contribution in [0.15, 0.2) is 81.8 Å². The second kappa shape index (κ2) is 6.86. The first-order valence-corrected chi connectivity index (χ1v) is 16.1. The molecule has 0 unspecified atom stereocenters. The molecule has 0 N–H and O–H groups in total. The minimum absolute atomic E-state index is 0.0131. The first-order valence-electron chi connectivity index (χ1n) is 11.8. The standard InChI is InChI=1S/C24H13B5FIN2OP/c30-31(32-35-28-25-29(35)26-28)18-13-15-14-7-1-4-10-19(14)33-20-11-5-2-8-16(20)27-17-9-3-6-12-21(17)34-24(18)22(27)23(15)33/h1-13H. The van der Waals surface area contributed by atoms with Crippen molar-refractivity contribution in [2.45, 2.75) is 0 Å². The Morgan fingerprint density at radius 1 is 0.943 bits per heavy atom. The molecule has 0 saturated carbocycles. The van der Waals surface area contributed by atoms with Gasteiger partial charge in [-0.25, -0.2) is 0 Å². The maximum absolute atomic E-state index is 16.2. The summed E-state index contributed by atoms with van der Waals surface area (Å²) in [6.45, 7) is 0.0131. The number of rotatable bonds is 2. The van der Waals surface area contributed by atoms with Crippen molar-refractivity contribution in [3.05, 3.63) is 82.4 Å². The van der Waals surface area contributed by atoms with Gasteiger partial charge < -0.3 is 0 Å². The van der Waals surface area contributed by atoms with Crippen molar-refractivity contribution in [1.29, 1.82) is 0 Å². The molecule has 3 saturated heterocycles. The van der Waals surface area contributed by atoms with E-state index in [1.54, 1.807) is 0 Å². The number of aromatic nitrogens is 1. The fourth-order valence-electron chi connectivity index (χ4n) is 6.13. The molecule has 159 valence electrons. The van der Waals surface area contributed by atoms with E-state index in [1.165, 1.54) is 11.2 Å². The van der Waals surface area contributed by atoms with E-state index in [2.05, 4.69) is 85.4 Å². The van der Waals surface area contributed by atoms with Crippen molar-refractivity contribution >= 4 is 99.6 Å². The van der Waals surface area contributed by atoms with Gasteiger partial charge in [-0.1, -0.05) is 0 Å². The number of benzene rings is 4. The van der Waals surface area contributed by atoms with Gasteiger partial charge >= 0.3 is 214 Å². The summed E-state index contributed by atoms with van der Waals surface area (Å²) >= 11 is -3.27. The van der Waals surface area contributed by atoms with Gasteiger partial charge in [-0.15, -0.1) is 0 Å². The molecule has 0 atom stereocenters. The van der Waals surface area contributed by atoms with Gasteiger partial charge in [0.05, 0.1) is 0 Å². The van der Waals surface area contributed by atoms with Gasteiger partial charge in [0.15, 0.2) is 0 Å². The fraction of sp³-hybridized carbons (Fsp3) is 0. The summed E-state index contributed by atoms with van der Waals surface area (Å²) in [4.78, 5) is 0. The van der Waals surface area contributed by atoms with E-state index in [1.807, 2.05) is 12.1 Å². The van der Waals surface area contributed by atoms with Crippen LogP contribution in [0, 0.1) is 3.57 Å². The molecule has 11 heteroatoms. The van der Waals surface area contributed by atoms with Crippen LogP contribution < -0.4 is 21.1 Å². The van der Waals surface area contributed by atoms with Crippen LogP contribution >= 0.6 is 28.1 Å². The van der Waals surface area contributed by atoms with E-state index in [-0.39, 0.29) is 6.71 Å². The van der Waals surface area contributed by atoms with E-state index >= 15 is 2.86 Å².